The van der Waals surface area contributed by atoms with Crippen molar-refractivity contribution in [3.63, 3.8) is 0 Å². The molecule has 1 atom stereocenters. The average Bonchev–Trinajstić information content (AvgIpc) is 2.44. The number of halogens is 1. The lowest BCUT2D eigenvalue weighted by Gasteiger charge is -2.19. The number of aryl methyl sites for hydroxylation is 1. The van der Waals surface area contributed by atoms with Gasteiger partial charge in [-0.15, -0.1) is 0 Å². The summed E-state index contributed by atoms with van der Waals surface area (Å²) in [7, 11) is 0. The Balaban J connectivity index is 2.34. The molecule has 1 N–H and O–H groups in total. The largest absolute Gasteiger partial charge is 0.305 e. The standard InChI is InChI=1S/C15H18FN3/c1-3-7-18-15(14-6-8-17-10-19-14)12-4-5-13(16)11(2)9-12/h4-6,8-10,15,18H,3,7H2,1-2H3. The highest BCUT2D eigenvalue weighted by atomic mass is 19.1. The lowest BCUT2D eigenvalue weighted by atomic mass is 10.0. The molecule has 1 aromatic carbocycles. The van der Waals surface area contributed by atoms with E-state index in [1.807, 2.05) is 12.1 Å². The van der Waals surface area contributed by atoms with Crippen LogP contribution in [-0.4, -0.2) is 16.5 Å². The highest BCUT2D eigenvalue weighted by Crippen LogP contribution is 2.22. The van der Waals surface area contributed by atoms with Gasteiger partial charge in [-0.1, -0.05) is 19.1 Å². The van der Waals surface area contributed by atoms with Crippen LogP contribution < -0.4 is 5.32 Å². The van der Waals surface area contributed by atoms with Crippen LogP contribution in [0, 0.1) is 12.7 Å². The van der Waals surface area contributed by atoms with Crippen molar-refractivity contribution < 1.29 is 4.39 Å². The second kappa shape index (κ2) is 6.38. The molecule has 3 nitrogen and oxygen atoms in total. The molecule has 1 aromatic heterocycles. The summed E-state index contributed by atoms with van der Waals surface area (Å²) in [6, 6.07) is 7.03. The summed E-state index contributed by atoms with van der Waals surface area (Å²) in [6.07, 6.45) is 4.29. The van der Waals surface area contributed by atoms with Crippen LogP contribution in [0.4, 0.5) is 4.39 Å². The molecule has 100 valence electrons. The SMILES string of the molecule is CCCNC(c1ccc(F)c(C)c1)c1ccncn1. The van der Waals surface area contributed by atoms with Gasteiger partial charge in [0.15, 0.2) is 0 Å². The number of hydrogen-bond acceptors (Lipinski definition) is 3. The van der Waals surface area contributed by atoms with Crippen molar-refractivity contribution in [2.24, 2.45) is 0 Å². The van der Waals surface area contributed by atoms with Gasteiger partial charge < -0.3 is 5.32 Å². The van der Waals surface area contributed by atoms with Crippen LogP contribution >= 0.6 is 0 Å². The average molecular weight is 259 g/mol. The van der Waals surface area contributed by atoms with E-state index < -0.39 is 0 Å². The van der Waals surface area contributed by atoms with E-state index in [1.165, 1.54) is 12.4 Å². The summed E-state index contributed by atoms with van der Waals surface area (Å²) < 4.78 is 13.4. The van der Waals surface area contributed by atoms with Crippen LogP contribution in [0.15, 0.2) is 36.8 Å². The zero-order valence-corrected chi connectivity index (χ0v) is 11.2. The first kappa shape index (κ1) is 13.6. The zero-order chi connectivity index (χ0) is 13.7. The third-order valence-corrected chi connectivity index (χ3v) is 3.01. The number of aromatic nitrogens is 2. The highest BCUT2D eigenvalue weighted by molar-refractivity contribution is 5.31. The predicted molar refractivity (Wildman–Crippen MR) is 73.3 cm³/mol. The quantitative estimate of drug-likeness (QED) is 0.897. The number of nitrogens with one attached hydrogen (secondary N) is 1. The lowest BCUT2D eigenvalue weighted by Crippen LogP contribution is -2.24. The number of hydrogen-bond donors (Lipinski definition) is 1. The van der Waals surface area contributed by atoms with Crippen molar-refractivity contribution in [1.29, 1.82) is 0 Å². The molecule has 0 radical (unpaired) electrons. The van der Waals surface area contributed by atoms with Crippen LogP contribution in [0.2, 0.25) is 0 Å². The van der Waals surface area contributed by atoms with Crippen molar-refractivity contribution in [3.05, 3.63) is 59.4 Å². The first-order valence-corrected chi connectivity index (χ1v) is 6.47. The van der Waals surface area contributed by atoms with Gasteiger partial charge in [0.1, 0.15) is 12.1 Å². The van der Waals surface area contributed by atoms with Crippen molar-refractivity contribution in [2.45, 2.75) is 26.3 Å². The van der Waals surface area contributed by atoms with Crippen LogP contribution in [0.3, 0.4) is 0 Å². The van der Waals surface area contributed by atoms with E-state index in [0.717, 1.165) is 24.2 Å². The van der Waals surface area contributed by atoms with Gasteiger partial charge in [0.2, 0.25) is 0 Å². The van der Waals surface area contributed by atoms with E-state index in [1.54, 1.807) is 19.2 Å². The van der Waals surface area contributed by atoms with Gasteiger partial charge in [-0.25, -0.2) is 14.4 Å². The van der Waals surface area contributed by atoms with Gasteiger partial charge in [0.05, 0.1) is 11.7 Å². The molecule has 0 bridgehead atoms. The normalized spacial score (nSPS) is 12.4. The maximum Gasteiger partial charge on any atom is 0.126 e. The van der Waals surface area contributed by atoms with Gasteiger partial charge in [-0.05, 0) is 43.1 Å². The predicted octanol–water partition coefficient (Wildman–Crippen LogP) is 3.01. The van der Waals surface area contributed by atoms with E-state index in [9.17, 15) is 4.39 Å². The first-order valence-electron chi connectivity index (χ1n) is 6.47. The van der Waals surface area contributed by atoms with Gasteiger partial charge in [0, 0.05) is 6.20 Å². The van der Waals surface area contributed by atoms with Crippen molar-refractivity contribution in [3.8, 4) is 0 Å². The second-order valence-electron chi connectivity index (χ2n) is 4.53. The van der Waals surface area contributed by atoms with E-state index >= 15 is 0 Å². The Morgan fingerprint density at radius 1 is 1.32 bits per heavy atom. The molecule has 19 heavy (non-hydrogen) atoms. The molecule has 0 fully saturated rings. The fraction of sp³-hybridized carbons (Fsp3) is 0.333. The van der Waals surface area contributed by atoms with Crippen LogP contribution in [0.25, 0.3) is 0 Å². The molecule has 2 aromatic rings. The van der Waals surface area contributed by atoms with E-state index in [4.69, 9.17) is 0 Å². The van der Waals surface area contributed by atoms with Crippen molar-refractivity contribution in [1.82, 2.24) is 15.3 Å². The molecule has 2 rings (SSSR count). The molecule has 0 spiro atoms. The maximum absolute atomic E-state index is 13.4. The maximum atomic E-state index is 13.4. The smallest absolute Gasteiger partial charge is 0.126 e. The topological polar surface area (TPSA) is 37.8 Å². The molecule has 1 unspecified atom stereocenters. The molecule has 0 saturated carbocycles. The summed E-state index contributed by atoms with van der Waals surface area (Å²) in [5, 5.41) is 3.44. The summed E-state index contributed by atoms with van der Waals surface area (Å²) in [5.74, 6) is -0.180. The zero-order valence-electron chi connectivity index (χ0n) is 11.2. The Bertz CT molecular complexity index is 528. The van der Waals surface area contributed by atoms with E-state index in [0.29, 0.717) is 5.56 Å². The number of rotatable bonds is 5. The highest BCUT2D eigenvalue weighted by Gasteiger charge is 2.15. The van der Waals surface area contributed by atoms with Gasteiger partial charge in [-0.2, -0.15) is 0 Å². The second-order valence-corrected chi connectivity index (χ2v) is 4.53. The van der Waals surface area contributed by atoms with E-state index in [2.05, 4.69) is 22.2 Å². The minimum atomic E-state index is -0.180. The molecule has 0 aliphatic heterocycles. The van der Waals surface area contributed by atoms with E-state index in [-0.39, 0.29) is 11.9 Å². The van der Waals surface area contributed by atoms with Gasteiger partial charge in [0.25, 0.3) is 0 Å². The molecular weight excluding hydrogens is 241 g/mol. The lowest BCUT2D eigenvalue weighted by molar-refractivity contribution is 0.579. The molecule has 0 aliphatic carbocycles. The number of benzene rings is 1. The van der Waals surface area contributed by atoms with Crippen LogP contribution in [0.1, 0.15) is 36.2 Å². The van der Waals surface area contributed by atoms with Crippen molar-refractivity contribution in [2.75, 3.05) is 6.54 Å². The third kappa shape index (κ3) is 3.35. The van der Waals surface area contributed by atoms with Crippen molar-refractivity contribution >= 4 is 0 Å². The summed E-state index contributed by atoms with van der Waals surface area (Å²) >= 11 is 0. The third-order valence-electron chi connectivity index (χ3n) is 3.01. The Labute approximate surface area is 112 Å². The fourth-order valence-electron chi connectivity index (χ4n) is 2.00. The molecule has 1 heterocycles. The van der Waals surface area contributed by atoms with Gasteiger partial charge >= 0.3 is 0 Å². The molecular formula is C15H18FN3. The van der Waals surface area contributed by atoms with Gasteiger partial charge in [-0.3, -0.25) is 0 Å². The Hall–Kier alpha value is -1.81. The first-order chi connectivity index (χ1) is 9.22. The number of nitrogens with zero attached hydrogens (tertiary/aromatic N) is 2. The Kier molecular flexibility index (Phi) is 4.58. The fourth-order valence-corrected chi connectivity index (χ4v) is 2.00. The molecule has 0 saturated heterocycles. The molecule has 4 heteroatoms. The van der Waals surface area contributed by atoms with Crippen LogP contribution in [-0.2, 0) is 0 Å². The summed E-state index contributed by atoms with van der Waals surface area (Å²) in [4.78, 5) is 8.23. The summed E-state index contributed by atoms with van der Waals surface area (Å²) in [6.45, 7) is 4.76. The summed E-state index contributed by atoms with van der Waals surface area (Å²) in [5.41, 5.74) is 2.57. The minimum Gasteiger partial charge on any atom is -0.305 e. The molecule has 0 aliphatic rings. The molecule has 0 amide bonds. The monoisotopic (exact) mass is 259 g/mol. The minimum absolute atomic E-state index is 0.0257. The van der Waals surface area contributed by atoms with Crippen LogP contribution in [0.5, 0.6) is 0 Å². The Morgan fingerprint density at radius 2 is 2.16 bits per heavy atom. The Morgan fingerprint density at radius 3 is 2.79 bits per heavy atom.